The average molecular weight is 343 g/mol. The molecule has 2 saturated heterocycles. The first-order chi connectivity index (χ1) is 12.1. The van der Waals surface area contributed by atoms with Crippen molar-refractivity contribution in [1.29, 1.82) is 0 Å². The molecule has 0 radical (unpaired) electrons. The van der Waals surface area contributed by atoms with Gasteiger partial charge < -0.3 is 15.4 Å². The number of nitrogens with one attached hydrogen (secondary N) is 2. The van der Waals surface area contributed by atoms with Crippen molar-refractivity contribution < 1.29 is 9.53 Å². The van der Waals surface area contributed by atoms with Crippen molar-refractivity contribution in [3.8, 4) is 0 Å². The Morgan fingerprint density at radius 3 is 2.68 bits per heavy atom. The maximum absolute atomic E-state index is 12.2. The van der Waals surface area contributed by atoms with Crippen molar-refractivity contribution in [3.63, 3.8) is 0 Å². The van der Waals surface area contributed by atoms with Gasteiger partial charge in [-0.2, -0.15) is 0 Å². The van der Waals surface area contributed by atoms with Crippen LogP contribution in [0.4, 0.5) is 4.79 Å². The highest BCUT2D eigenvalue weighted by Gasteiger charge is 2.39. The molecule has 2 N–H and O–H groups in total. The molecule has 0 aromatic heterocycles. The summed E-state index contributed by atoms with van der Waals surface area (Å²) in [6, 6.07) is 11.0. The zero-order valence-corrected chi connectivity index (χ0v) is 15.0. The topological polar surface area (TPSA) is 53.6 Å². The first kappa shape index (κ1) is 16.9. The molecule has 1 unspecified atom stereocenters. The number of fused-ring (bicyclic) bond motifs is 1. The van der Waals surface area contributed by atoms with E-state index in [4.69, 9.17) is 4.74 Å². The van der Waals surface area contributed by atoms with E-state index in [-0.39, 0.29) is 11.6 Å². The van der Waals surface area contributed by atoms with Crippen LogP contribution in [0.15, 0.2) is 30.3 Å². The molecule has 1 aromatic rings. The Labute approximate surface area is 150 Å². The second-order valence-electron chi connectivity index (χ2n) is 8.36. The molecule has 1 saturated carbocycles. The summed E-state index contributed by atoms with van der Waals surface area (Å²) >= 11 is 0. The van der Waals surface area contributed by atoms with E-state index >= 15 is 0 Å². The summed E-state index contributed by atoms with van der Waals surface area (Å²) in [6.45, 7) is 6.67. The average Bonchev–Trinajstić information content (AvgIpc) is 2.95. The van der Waals surface area contributed by atoms with Crippen LogP contribution in [0, 0.1) is 11.8 Å². The van der Waals surface area contributed by atoms with E-state index in [0.29, 0.717) is 25.2 Å². The van der Waals surface area contributed by atoms with Crippen LogP contribution in [0.1, 0.15) is 31.7 Å². The number of likely N-dealkylation sites (tertiary alicyclic amines) is 1. The van der Waals surface area contributed by atoms with E-state index in [1.165, 1.54) is 18.5 Å². The van der Waals surface area contributed by atoms with Gasteiger partial charge in [-0.15, -0.1) is 0 Å². The monoisotopic (exact) mass is 343 g/mol. The third kappa shape index (κ3) is 3.98. The van der Waals surface area contributed by atoms with Crippen LogP contribution in [0.25, 0.3) is 0 Å². The van der Waals surface area contributed by atoms with Crippen LogP contribution in [0.5, 0.6) is 0 Å². The third-order valence-corrected chi connectivity index (χ3v) is 5.97. The van der Waals surface area contributed by atoms with Gasteiger partial charge in [0.25, 0.3) is 0 Å². The minimum Gasteiger partial charge on any atom is -0.376 e. The Morgan fingerprint density at radius 1 is 1.20 bits per heavy atom. The van der Waals surface area contributed by atoms with E-state index < -0.39 is 0 Å². The number of urea groups is 1. The molecular weight excluding hydrogens is 314 g/mol. The van der Waals surface area contributed by atoms with E-state index in [9.17, 15) is 4.79 Å². The van der Waals surface area contributed by atoms with Gasteiger partial charge in [-0.3, -0.25) is 4.90 Å². The van der Waals surface area contributed by atoms with Crippen LogP contribution in [-0.4, -0.2) is 48.8 Å². The summed E-state index contributed by atoms with van der Waals surface area (Å²) < 4.78 is 5.20. The minimum absolute atomic E-state index is 0.0339. The minimum atomic E-state index is -0.179. The number of hydrogen-bond donors (Lipinski definition) is 2. The molecule has 0 spiro atoms. The lowest BCUT2D eigenvalue weighted by Crippen LogP contribution is -2.62. The number of ether oxygens (including phenoxy) is 1. The van der Waals surface area contributed by atoms with Crippen LogP contribution >= 0.6 is 0 Å². The van der Waals surface area contributed by atoms with E-state index in [2.05, 4.69) is 45.9 Å². The fraction of sp³-hybridized carbons (Fsp3) is 0.650. The molecule has 3 atom stereocenters. The van der Waals surface area contributed by atoms with Gasteiger partial charge in [0, 0.05) is 25.7 Å². The first-order valence-corrected chi connectivity index (χ1v) is 9.52. The van der Waals surface area contributed by atoms with Gasteiger partial charge in [0.15, 0.2) is 0 Å². The second-order valence-corrected chi connectivity index (χ2v) is 8.36. The number of rotatable bonds is 4. The first-order valence-electron chi connectivity index (χ1n) is 9.52. The van der Waals surface area contributed by atoms with E-state index in [1.54, 1.807) is 0 Å². The highest BCUT2D eigenvalue weighted by atomic mass is 16.5. The fourth-order valence-corrected chi connectivity index (χ4v) is 4.61. The number of hydrogen-bond acceptors (Lipinski definition) is 3. The van der Waals surface area contributed by atoms with Crippen molar-refractivity contribution in [3.05, 3.63) is 35.9 Å². The molecular formula is C20H29N3O2. The van der Waals surface area contributed by atoms with Gasteiger partial charge >= 0.3 is 6.03 Å². The van der Waals surface area contributed by atoms with Crippen LogP contribution in [0.3, 0.4) is 0 Å². The number of nitrogens with zero attached hydrogens (tertiary/aromatic N) is 1. The molecule has 5 nitrogen and oxygen atoms in total. The summed E-state index contributed by atoms with van der Waals surface area (Å²) in [4.78, 5) is 14.8. The zero-order chi connectivity index (χ0) is 17.3. The number of carbonyl (C=O) groups excluding carboxylic acids is 1. The quantitative estimate of drug-likeness (QED) is 0.882. The van der Waals surface area contributed by atoms with E-state index in [0.717, 1.165) is 31.8 Å². The Kier molecular flexibility index (Phi) is 4.69. The van der Waals surface area contributed by atoms with Gasteiger partial charge in [0.2, 0.25) is 0 Å². The summed E-state index contributed by atoms with van der Waals surface area (Å²) in [7, 11) is 0. The second kappa shape index (κ2) is 6.96. The number of amides is 2. The lowest BCUT2D eigenvalue weighted by atomic mass is 9.79. The Hall–Kier alpha value is -1.59. The third-order valence-electron chi connectivity index (χ3n) is 5.97. The number of benzene rings is 1. The van der Waals surface area contributed by atoms with Crippen molar-refractivity contribution in [1.82, 2.24) is 15.5 Å². The lowest BCUT2D eigenvalue weighted by molar-refractivity contribution is -0.0576. The molecule has 2 amide bonds. The van der Waals surface area contributed by atoms with Crippen molar-refractivity contribution in [2.45, 2.75) is 44.3 Å². The van der Waals surface area contributed by atoms with Gasteiger partial charge in [0.05, 0.1) is 18.8 Å². The smallest absolute Gasteiger partial charge is 0.315 e. The molecule has 2 aliphatic heterocycles. The van der Waals surface area contributed by atoms with Crippen molar-refractivity contribution in [2.75, 3.05) is 26.3 Å². The maximum atomic E-state index is 12.2. The van der Waals surface area contributed by atoms with Crippen molar-refractivity contribution >= 4 is 6.03 Å². The lowest BCUT2D eigenvalue weighted by Gasteiger charge is -2.39. The molecule has 3 aliphatic rings. The predicted molar refractivity (Wildman–Crippen MR) is 97.2 cm³/mol. The molecule has 25 heavy (non-hydrogen) atoms. The molecule has 1 aliphatic carbocycles. The summed E-state index contributed by atoms with van der Waals surface area (Å²) in [5.41, 5.74) is 1.22. The summed E-state index contributed by atoms with van der Waals surface area (Å²) in [6.07, 6.45) is 3.43. The SMILES string of the molecule is CC1(NC(=O)NC2CC[C@@H]3CN(Cc4ccccc4)C[C@@H]3C2)COC1. The molecule has 1 aromatic carbocycles. The van der Waals surface area contributed by atoms with Gasteiger partial charge in [-0.25, -0.2) is 4.79 Å². The number of carbonyl (C=O) groups is 1. The van der Waals surface area contributed by atoms with Gasteiger partial charge in [-0.1, -0.05) is 30.3 Å². The zero-order valence-electron chi connectivity index (χ0n) is 15.0. The Bertz CT molecular complexity index is 602. The fourth-order valence-electron chi connectivity index (χ4n) is 4.61. The predicted octanol–water partition coefficient (Wildman–Crippen LogP) is 2.38. The normalized spacial score (nSPS) is 31.0. The van der Waals surface area contributed by atoms with Crippen LogP contribution in [-0.2, 0) is 11.3 Å². The van der Waals surface area contributed by atoms with Gasteiger partial charge in [0.1, 0.15) is 0 Å². The van der Waals surface area contributed by atoms with Gasteiger partial charge in [-0.05, 0) is 43.6 Å². The molecule has 4 rings (SSSR count). The van der Waals surface area contributed by atoms with E-state index in [1.807, 2.05) is 6.92 Å². The van der Waals surface area contributed by atoms with Crippen LogP contribution in [0.2, 0.25) is 0 Å². The largest absolute Gasteiger partial charge is 0.376 e. The Morgan fingerprint density at radius 2 is 1.96 bits per heavy atom. The maximum Gasteiger partial charge on any atom is 0.315 e. The molecule has 5 heteroatoms. The summed E-state index contributed by atoms with van der Waals surface area (Å²) in [5, 5.41) is 6.25. The van der Waals surface area contributed by atoms with Crippen molar-refractivity contribution in [2.24, 2.45) is 11.8 Å². The highest BCUT2D eigenvalue weighted by Crippen LogP contribution is 2.36. The molecule has 0 bridgehead atoms. The summed E-state index contributed by atoms with van der Waals surface area (Å²) in [5.74, 6) is 1.51. The Balaban J connectivity index is 1.26. The molecule has 2 heterocycles. The highest BCUT2D eigenvalue weighted by molar-refractivity contribution is 5.75. The molecule has 3 fully saturated rings. The van der Waals surface area contributed by atoms with Crippen LogP contribution < -0.4 is 10.6 Å². The standard InChI is InChI=1S/C20H29N3O2/c1-20(13-25-14-20)22-19(24)21-18-8-7-16-11-23(12-17(16)9-18)10-15-5-3-2-4-6-15/h2-6,16-18H,7-14H2,1H3,(H2,21,22,24)/t16-,17+,18?/m1/s1. The molecule has 136 valence electrons.